The summed E-state index contributed by atoms with van der Waals surface area (Å²) in [4.78, 5) is 17.6. The van der Waals surface area contributed by atoms with Crippen LogP contribution in [-0.2, 0) is 4.79 Å². The first kappa shape index (κ1) is 21.2. The number of fused-ring (bicyclic) bond motifs is 1. The maximum Gasteiger partial charge on any atom is 0.255 e. The molecule has 10 heteroatoms. The number of hydrogen-bond acceptors (Lipinski definition) is 7. The van der Waals surface area contributed by atoms with Crippen LogP contribution in [0, 0.1) is 5.82 Å². The van der Waals surface area contributed by atoms with E-state index in [9.17, 15) is 9.18 Å². The minimum Gasteiger partial charge on any atom is -0.493 e. The van der Waals surface area contributed by atoms with Gasteiger partial charge in [0.25, 0.3) is 5.91 Å². The lowest BCUT2D eigenvalue weighted by molar-refractivity contribution is -0.113. The Morgan fingerprint density at radius 3 is 2.34 bits per heavy atom. The molecule has 9 nitrogen and oxygen atoms in total. The Labute approximate surface area is 183 Å². The van der Waals surface area contributed by atoms with Crippen LogP contribution in [0.3, 0.4) is 0 Å². The van der Waals surface area contributed by atoms with Crippen LogP contribution in [0.1, 0.15) is 18.5 Å². The van der Waals surface area contributed by atoms with Gasteiger partial charge >= 0.3 is 0 Å². The normalized spacial score (nSPS) is 15.0. The molecule has 0 saturated carbocycles. The predicted molar refractivity (Wildman–Crippen MR) is 116 cm³/mol. The van der Waals surface area contributed by atoms with Gasteiger partial charge in [-0.15, -0.1) is 0 Å². The summed E-state index contributed by atoms with van der Waals surface area (Å²) in [7, 11) is 4.56. The van der Waals surface area contributed by atoms with Crippen molar-refractivity contribution in [3.63, 3.8) is 0 Å². The van der Waals surface area contributed by atoms with E-state index in [4.69, 9.17) is 14.2 Å². The Hall–Kier alpha value is -4.08. The SMILES string of the molecule is COc1cc(C2C(C(=O)Nc3ccc(F)cc3)=C(C)Nc3ncnn32)cc(OC)c1OC. The van der Waals surface area contributed by atoms with Gasteiger partial charge in [0.15, 0.2) is 11.5 Å². The van der Waals surface area contributed by atoms with Gasteiger partial charge in [0.05, 0.1) is 26.9 Å². The van der Waals surface area contributed by atoms with Crippen molar-refractivity contribution in [3.05, 3.63) is 65.4 Å². The molecule has 1 aromatic heterocycles. The number of nitrogens with zero attached hydrogens (tertiary/aromatic N) is 3. The molecule has 0 aliphatic carbocycles. The lowest BCUT2D eigenvalue weighted by atomic mass is 9.94. The van der Waals surface area contributed by atoms with Gasteiger partial charge in [-0.1, -0.05) is 0 Å². The maximum absolute atomic E-state index is 13.4. The van der Waals surface area contributed by atoms with Crippen LogP contribution >= 0.6 is 0 Å². The number of allylic oxidation sites excluding steroid dienone is 1. The lowest BCUT2D eigenvalue weighted by Gasteiger charge is -2.29. The standard InChI is InChI=1S/C22H22FN5O4/c1-12-18(21(29)27-15-7-5-14(23)6-8-15)19(28-22(26-12)24-11-25-28)13-9-16(30-2)20(32-4)17(10-13)31-3/h5-11,19H,1-4H3,(H,27,29)(H,24,25,26). The van der Waals surface area contributed by atoms with E-state index in [0.29, 0.717) is 45.7 Å². The van der Waals surface area contributed by atoms with Crippen molar-refractivity contribution in [3.8, 4) is 17.2 Å². The van der Waals surface area contributed by atoms with Gasteiger partial charge in [-0.05, 0) is 48.9 Å². The molecule has 0 saturated heterocycles. The molecule has 2 aromatic carbocycles. The molecule has 32 heavy (non-hydrogen) atoms. The number of aromatic nitrogens is 3. The molecular weight excluding hydrogens is 417 g/mol. The molecule has 2 N–H and O–H groups in total. The maximum atomic E-state index is 13.4. The average Bonchev–Trinajstić information content (AvgIpc) is 3.26. The largest absolute Gasteiger partial charge is 0.493 e. The highest BCUT2D eigenvalue weighted by atomic mass is 19.1. The van der Waals surface area contributed by atoms with Crippen molar-refractivity contribution >= 4 is 17.5 Å². The minimum absolute atomic E-state index is 0.374. The van der Waals surface area contributed by atoms with Crippen LogP contribution in [0.5, 0.6) is 17.2 Å². The topological polar surface area (TPSA) is 99.5 Å². The summed E-state index contributed by atoms with van der Waals surface area (Å²) in [5, 5.41) is 10.2. The first-order chi connectivity index (χ1) is 15.5. The lowest BCUT2D eigenvalue weighted by Crippen LogP contribution is -2.31. The van der Waals surface area contributed by atoms with Crippen LogP contribution < -0.4 is 24.8 Å². The molecule has 0 radical (unpaired) electrons. The van der Waals surface area contributed by atoms with E-state index in [1.54, 1.807) is 23.7 Å². The summed E-state index contributed by atoms with van der Waals surface area (Å²) in [6, 6.07) is 8.44. The number of halogens is 1. The van der Waals surface area contributed by atoms with Crippen LogP contribution in [0.2, 0.25) is 0 Å². The number of anilines is 2. The fraction of sp³-hybridized carbons (Fsp3) is 0.227. The van der Waals surface area contributed by atoms with E-state index in [0.717, 1.165) is 0 Å². The van der Waals surface area contributed by atoms with Crippen LogP contribution in [-0.4, -0.2) is 42.0 Å². The molecule has 1 atom stereocenters. The number of rotatable bonds is 6. The monoisotopic (exact) mass is 439 g/mol. The summed E-state index contributed by atoms with van der Waals surface area (Å²) >= 11 is 0. The zero-order valence-electron chi connectivity index (χ0n) is 18.0. The van der Waals surface area contributed by atoms with Crippen molar-refractivity contribution < 1.29 is 23.4 Å². The number of ether oxygens (including phenoxy) is 3. The molecule has 1 aliphatic heterocycles. The number of benzene rings is 2. The summed E-state index contributed by atoms with van der Waals surface area (Å²) < 4.78 is 31.3. The summed E-state index contributed by atoms with van der Waals surface area (Å²) in [5.41, 5.74) is 2.14. The number of amides is 1. The zero-order valence-corrected chi connectivity index (χ0v) is 18.0. The van der Waals surface area contributed by atoms with Crippen molar-refractivity contribution in [2.24, 2.45) is 0 Å². The smallest absolute Gasteiger partial charge is 0.255 e. The Kier molecular flexibility index (Phi) is 5.67. The highest BCUT2D eigenvalue weighted by Gasteiger charge is 2.34. The van der Waals surface area contributed by atoms with E-state index in [-0.39, 0.29) is 11.7 Å². The molecule has 1 amide bonds. The third-order valence-electron chi connectivity index (χ3n) is 5.14. The van der Waals surface area contributed by atoms with Crippen LogP contribution in [0.25, 0.3) is 0 Å². The number of carbonyl (C=O) groups is 1. The van der Waals surface area contributed by atoms with Crippen molar-refractivity contribution in [1.82, 2.24) is 14.8 Å². The van der Waals surface area contributed by atoms with E-state index in [1.807, 2.05) is 0 Å². The van der Waals surface area contributed by atoms with Crippen molar-refractivity contribution in [2.75, 3.05) is 32.0 Å². The minimum atomic E-state index is -0.636. The molecule has 1 aliphatic rings. The Bertz CT molecular complexity index is 1160. The summed E-state index contributed by atoms with van der Waals surface area (Å²) in [6.45, 7) is 1.78. The molecule has 166 valence electrons. The molecule has 2 heterocycles. The van der Waals surface area contributed by atoms with E-state index in [1.165, 1.54) is 51.9 Å². The Balaban J connectivity index is 1.82. The second kappa shape index (κ2) is 8.58. The van der Waals surface area contributed by atoms with Gasteiger partial charge < -0.3 is 24.8 Å². The van der Waals surface area contributed by atoms with Gasteiger partial charge in [-0.2, -0.15) is 10.1 Å². The van der Waals surface area contributed by atoms with Crippen LogP contribution in [0.4, 0.5) is 16.0 Å². The fourth-order valence-electron chi connectivity index (χ4n) is 3.68. The highest BCUT2D eigenvalue weighted by Crippen LogP contribution is 2.43. The van der Waals surface area contributed by atoms with Crippen molar-refractivity contribution in [2.45, 2.75) is 13.0 Å². The number of hydrogen-bond donors (Lipinski definition) is 2. The molecular formula is C22H22FN5O4. The van der Waals surface area contributed by atoms with E-state index < -0.39 is 6.04 Å². The van der Waals surface area contributed by atoms with E-state index in [2.05, 4.69) is 20.7 Å². The average molecular weight is 439 g/mol. The second-order valence-corrected chi connectivity index (χ2v) is 7.01. The number of carbonyl (C=O) groups excluding carboxylic acids is 1. The highest BCUT2D eigenvalue weighted by molar-refractivity contribution is 6.06. The first-order valence-electron chi connectivity index (χ1n) is 9.71. The van der Waals surface area contributed by atoms with Gasteiger partial charge in [0, 0.05) is 11.4 Å². The summed E-state index contributed by atoms with van der Waals surface area (Å²) in [6.07, 6.45) is 1.40. The zero-order chi connectivity index (χ0) is 22.8. The van der Waals surface area contributed by atoms with E-state index >= 15 is 0 Å². The molecule has 0 bridgehead atoms. The number of nitrogens with one attached hydrogen (secondary N) is 2. The van der Waals surface area contributed by atoms with Crippen LogP contribution in [0.15, 0.2) is 54.0 Å². The molecule has 4 rings (SSSR count). The van der Waals surface area contributed by atoms with Gasteiger partial charge in [-0.3, -0.25) is 4.79 Å². The van der Waals surface area contributed by atoms with Gasteiger partial charge in [-0.25, -0.2) is 9.07 Å². The van der Waals surface area contributed by atoms with Gasteiger partial charge in [0.2, 0.25) is 11.7 Å². The second-order valence-electron chi connectivity index (χ2n) is 7.01. The Morgan fingerprint density at radius 1 is 1.09 bits per heavy atom. The Morgan fingerprint density at radius 2 is 1.75 bits per heavy atom. The molecule has 0 fully saturated rings. The quantitative estimate of drug-likeness (QED) is 0.608. The summed E-state index contributed by atoms with van der Waals surface area (Å²) in [5.74, 6) is 1.04. The first-order valence-corrected chi connectivity index (χ1v) is 9.71. The molecule has 0 spiro atoms. The fourth-order valence-corrected chi connectivity index (χ4v) is 3.68. The number of methoxy groups -OCH3 is 3. The molecule has 1 unspecified atom stereocenters. The van der Waals surface area contributed by atoms with Crippen molar-refractivity contribution in [1.29, 1.82) is 0 Å². The third-order valence-corrected chi connectivity index (χ3v) is 5.14. The van der Waals surface area contributed by atoms with Gasteiger partial charge in [0.1, 0.15) is 18.2 Å². The predicted octanol–water partition coefficient (Wildman–Crippen LogP) is 3.37. The molecule has 3 aromatic rings. The third kappa shape index (κ3) is 3.70.